The number of benzene rings is 1. The predicted octanol–water partition coefficient (Wildman–Crippen LogP) is 2.61. The van der Waals surface area contributed by atoms with Gasteiger partial charge in [0.1, 0.15) is 10.8 Å². The quantitative estimate of drug-likeness (QED) is 0.901. The van der Waals surface area contributed by atoms with Crippen LogP contribution in [0.15, 0.2) is 40.4 Å². The zero-order valence-corrected chi connectivity index (χ0v) is 12.6. The maximum atomic E-state index is 13.0. The van der Waals surface area contributed by atoms with E-state index < -0.39 is 22.6 Å². The van der Waals surface area contributed by atoms with Crippen molar-refractivity contribution in [2.24, 2.45) is 0 Å². The van der Waals surface area contributed by atoms with Gasteiger partial charge in [0.05, 0.1) is 22.1 Å². The Balaban J connectivity index is 2.55. The van der Waals surface area contributed by atoms with Gasteiger partial charge in [-0.2, -0.15) is 0 Å². The minimum Gasteiger partial charge on any atom is -0.478 e. The van der Waals surface area contributed by atoms with Gasteiger partial charge in [-0.15, -0.1) is 0 Å². The van der Waals surface area contributed by atoms with Gasteiger partial charge in [-0.1, -0.05) is 0 Å². The summed E-state index contributed by atoms with van der Waals surface area (Å²) < 4.78 is 24.9. The molecular formula is C15H16FNO3S. The number of halogens is 1. The first-order valence-corrected chi connectivity index (χ1v) is 7.98. The second kappa shape index (κ2) is 6.22. The molecule has 1 unspecified atom stereocenters. The van der Waals surface area contributed by atoms with Crippen LogP contribution in [0.2, 0.25) is 0 Å². The molecule has 1 atom stereocenters. The lowest BCUT2D eigenvalue weighted by molar-refractivity contribution is -0.132. The molecule has 0 saturated heterocycles. The van der Waals surface area contributed by atoms with Gasteiger partial charge in [-0.25, -0.2) is 9.18 Å². The van der Waals surface area contributed by atoms with Crippen LogP contribution in [0.3, 0.4) is 0 Å². The van der Waals surface area contributed by atoms with Gasteiger partial charge in [0.25, 0.3) is 0 Å². The van der Waals surface area contributed by atoms with Crippen LogP contribution in [-0.2, 0) is 15.6 Å². The van der Waals surface area contributed by atoms with Gasteiger partial charge in [0, 0.05) is 6.26 Å². The fourth-order valence-corrected chi connectivity index (χ4v) is 3.08. The highest BCUT2D eigenvalue weighted by molar-refractivity contribution is 7.88. The van der Waals surface area contributed by atoms with E-state index in [-0.39, 0.29) is 5.57 Å². The van der Waals surface area contributed by atoms with Gasteiger partial charge >= 0.3 is 5.97 Å². The van der Waals surface area contributed by atoms with Crippen molar-refractivity contribution >= 4 is 22.5 Å². The Kier molecular flexibility index (Phi) is 4.57. The van der Waals surface area contributed by atoms with Crippen molar-refractivity contribution in [3.63, 3.8) is 0 Å². The van der Waals surface area contributed by atoms with Gasteiger partial charge in [-0.05, 0) is 55.2 Å². The lowest BCUT2D eigenvalue weighted by Gasteiger charge is -2.14. The minimum atomic E-state index is -1.25. The molecular weight excluding hydrogens is 293 g/mol. The van der Waals surface area contributed by atoms with Crippen molar-refractivity contribution in [1.29, 1.82) is 0 Å². The third-order valence-corrected chi connectivity index (χ3v) is 4.38. The zero-order valence-electron chi connectivity index (χ0n) is 11.8. The summed E-state index contributed by atoms with van der Waals surface area (Å²) in [7, 11) is -1.25. The fraction of sp³-hybridized carbons (Fsp3) is 0.267. The van der Waals surface area contributed by atoms with E-state index in [9.17, 15) is 18.5 Å². The van der Waals surface area contributed by atoms with Gasteiger partial charge in [0.15, 0.2) is 0 Å². The second-order valence-corrected chi connectivity index (χ2v) is 6.17. The summed E-state index contributed by atoms with van der Waals surface area (Å²) in [6, 6.07) is 5.57. The number of allylic oxidation sites excluding steroid dienone is 1. The Labute approximate surface area is 124 Å². The number of nitrogens with one attached hydrogen (secondary N) is 1. The molecule has 0 spiro atoms. The Hall–Kier alpha value is -1.95. The normalized spacial score (nSPS) is 17.3. The van der Waals surface area contributed by atoms with E-state index in [1.165, 1.54) is 24.3 Å². The molecule has 0 saturated carbocycles. The molecule has 112 valence electrons. The Morgan fingerprint density at radius 3 is 2.43 bits per heavy atom. The van der Waals surface area contributed by atoms with E-state index >= 15 is 0 Å². The molecule has 0 fully saturated rings. The summed E-state index contributed by atoms with van der Waals surface area (Å²) in [6.45, 7) is 1.83. The first-order valence-electron chi connectivity index (χ1n) is 6.42. The third kappa shape index (κ3) is 3.39. The molecule has 0 radical (unpaired) electrons. The maximum absolute atomic E-state index is 13.0. The van der Waals surface area contributed by atoms with Crippen molar-refractivity contribution in [2.75, 3.05) is 6.26 Å². The van der Waals surface area contributed by atoms with Crippen LogP contribution in [0.1, 0.15) is 25.3 Å². The van der Waals surface area contributed by atoms with Crippen molar-refractivity contribution in [2.45, 2.75) is 19.8 Å². The molecule has 2 rings (SSSR count). The summed E-state index contributed by atoms with van der Waals surface area (Å²) in [5.74, 6) is -1.42. The number of hydrogen-bond acceptors (Lipinski definition) is 3. The number of rotatable bonds is 3. The van der Waals surface area contributed by atoms with Gasteiger partial charge < -0.3 is 10.4 Å². The zero-order chi connectivity index (χ0) is 15.6. The topological polar surface area (TPSA) is 66.4 Å². The van der Waals surface area contributed by atoms with E-state index in [2.05, 4.69) is 5.32 Å². The number of aliphatic carboxylic acids is 1. The fourth-order valence-electron chi connectivity index (χ4n) is 2.24. The van der Waals surface area contributed by atoms with E-state index in [1.807, 2.05) is 6.92 Å². The molecule has 6 heteroatoms. The number of carbonyl (C=O) groups is 1. The van der Waals surface area contributed by atoms with E-state index in [4.69, 9.17) is 0 Å². The smallest absolute Gasteiger partial charge is 0.333 e. The Bertz CT molecular complexity index is 662. The number of hydrogen-bond donors (Lipinski definition) is 2. The highest BCUT2D eigenvalue weighted by Crippen LogP contribution is 2.28. The summed E-state index contributed by atoms with van der Waals surface area (Å²) in [5, 5.41) is 12.9. The van der Waals surface area contributed by atoms with Crippen molar-refractivity contribution in [3.05, 3.63) is 51.8 Å². The van der Waals surface area contributed by atoms with Crippen LogP contribution >= 0.6 is 0 Å². The summed E-state index contributed by atoms with van der Waals surface area (Å²) >= 11 is 0. The van der Waals surface area contributed by atoms with Crippen molar-refractivity contribution in [3.8, 4) is 0 Å². The van der Waals surface area contributed by atoms with Crippen LogP contribution in [0, 0.1) is 5.82 Å². The molecule has 2 N–H and O–H groups in total. The van der Waals surface area contributed by atoms with E-state index in [0.717, 1.165) is 5.57 Å². The maximum Gasteiger partial charge on any atom is 0.333 e. The average Bonchev–Trinajstić information content (AvgIpc) is 2.59. The van der Waals surface area contributed by atoms with Crippen LogP contribution in [0.25, 0.3) is 5.70 Å². The lowest BCUT2D eigenvalue weighted by atomic mass is 10.0. The van der Waals surface area contributed by atoms with Crippen molar-refractivity contribution in [1.82, 2.24) is 5.32 Å². The van der Waals surface area contributed by atoms with Gasteiger partial charge in [-0.3, -0.25) is 4.21 Å². The average molecular weight is 309 g/mol. The van der Waals surface area contributed by atoms with E-state index in [1.54, 1.807) is 6.26 Å². The molecule has 0 aliphatic carbocycles. The number of carboxylic acid groups (broad SMARTS) is 1. The largest absolute Gasteiger partial charge is 0.478 e. The van der Waals surface area contributed by atoms with E-state index in [0.29, 0.717) is 29.1 Å². The lowest BCUT2D eigenvalue weighted by Crippen LogP contribution is -2.18. The summed E-state index contributed by atoms with van der Waals surface area (Å²) in [4.78, 5) is 11.5. The second-order valence-electron chi connectivity index (χ2n) is 4.85. The molecule has 0 bridgehead atoms. The first kappa shape index (κ1) is 15.4. The molecule has 0 amide bonds. The summed E-state index contributed by atoms with van der Waals surface area (Å²) in [5.41, 5.74) is 2.02. The molecule has 1 aliphatic heterocycles. The molecule has 1 aromatic carbocycles. The predicted molar refractivity (Wildman–Crippen MR) is 80.1 cm³/mol. The number of carboxylic acids is 1. The Morgan fingerprint density at radius 1 is 1.29 bits per heavy atom. The Morgan fingerprint density at radius 2 is 1.90 bits per heavy atom. The standard InChI is InChI=1S/C15H16FNO3S/c1-9-3-8-12(15(18)19)13(17-14(9)21(2)20)10-4-6-11(16)7-5-10/h4-7,17H,3,8H2,1-2H3,(H,18,19). The molecule has 1 aliphatic rings. The first-order chi connectivity index (χ1) is 9.90. The van der Waals surface area contributed by atoms with Crippen molar-refractivity contribution < 1.29 is 18.5 Å². The SMILES string of the molecule is CC1=C(S(C)=O)NC(c2ccc(F)cc2)=C(C(=O)O)CC1. The highest BCUT2D eigenvalue weighted by atomic mass is 32.2. The van der Waals surface area contributed by atoms with Crippen LogP contribution in [0.5, 0.6) is 0 Å². The highest BCUT2D eigenvalue weighted by Gasteiger charge is 2.22. The molecule has 1 heterocycles. The van der Waals surface area contributed by atoms with Crippen LogP contribution < -0.4 is 5.32 Å². The monoisotopic (exact) mass is 309 g/mol. The van der Waals surface area contributed by atoms with Gasteiger partial charge in [0.2, 0.25) is 0 Å². The minimum absolute atomic E-state index is 0.210. The third-order valence-electron chi connectivity index (χ3n) is 3.36. The summed E-state index contributed by atoms with van der Waals surface area (Å²) in [6.07, 6.45) is 2.40. The van der Waals surface area contributed by atoms with Crippen LogP contribution in [-0.4, -0.2) is 21.5 Å². The molecule has 21 heavy (non-hydrogen) atoms. The molecule has 1 aromatic rings. The molecule has 0 aromatic heterocycles. The van der Waals surface area contributed by atoms with Crippen LogP contribution in [0.4, 0.5) is 4.39 Å². The molecule has 4 nitrogen and oxygen atoms in total.